The molecule has 6 nitrogen and oxygen atoms in total. The molecule has 1 amide bonds. The van der Waals surface area contributed by atoms with E-state index < -0.39 is 0 Å². The van der Waals surface area contributed by atoms with Gasteiger partial charge in [-0.25, -0.2) is 0 Å². The number of hydrogen-bond donors (Lipinski definition) is 0. The van der Waals surface area contributed by atoms with Gasteiger partial charge in [0.05, 0.1) is 5.69 Å². The van der Waals surface area contributed by atoms with Crippen LogP contribution in [-0.4, -0.2) is 51.5 Å². The summed E-state index contributed by atoms with van der Waals surface area (Å²) in [5.41, 5.74) is 3.27. The molecule has 2 aromatic rings. The first-order chi connectivity index (χ1) is 12.6. The van der Waals surface area contributed by atoms with Gasteiger partial charge in [-0.3, -0.25) is 14.7 Å². The molecule has 2 aromatic heterocycles. The Kier molecular flexibility index (Phi) is 4.76. The number of aryl methyl sites for hydroxylation is 2. The first-order valence-electron chi connectivity index (χ1n) is 9.44. The van der Waals surface area contributed by atoms with E-state index in [1.807, 2.05) is 26.2 Å². The molecule has 0 N–H and O–H groups in total. The highest BCUT2D eigenvalue weighted by Crippen LogP contribution is 2.34. The van der Waals surface area contributed by atoms with Crippen LogP contribution in [0.3, 0.4) is 0 Å². The van der Waals surface area contributed by atoms with E-state index in [1.54, 1.807) is 0 Å². The van der Waals surface area contributed by atoms with Crippen molar-refractivity contribution in [3.05, 3.63) is 47.1 Å². The largest absolute Gasteiger partial charge is 0.361 e. The molecule has 2 fully saturated rings. The molecule has 0 spiro atoms. The van der Waals surface area contributed by atoms with Crippen molar-refractivity contribution in [3.63, 3.8) is 0 Å². The second-order valence-corrected chi connectivity index (χ2v) is 7.54. The molecule has 4 rings (SSSR count). The van der Waals surface area contributed by atoms with Crippen molar-refractivity contribution in [1.82, 2.24) is 19.9 Å². The summed E-state index contributed by atoms with van der Waals surface area (Å²) in [6.07, 6.45) is 6.06. The number of nitrogens with zero attached hydrogens (tertiary/aromatic N) is 4. The van der Waals surface area contributed by atoms with E-state index in [9.17, 15) is 4.79 Å². The van der Waals surface area contributed by atoms with Gasteiger partial charge in [-0.05, 0) is 50.3 Å². The van der Waals surface area contributed by atoms with E-state index in [-0.39, 0.29) is 5.91 Å². The maximum atomic E-state index is 12.7. The number of pyridine rings is 1. The first kappa shape index (κ1) is 17.2. The summed E-state index contributed by atoms with van der Waals surface area (Å²) in [5, 5.41) is 3.98. The van der Waals surface area contributed by atoms with Crippen LogP contribution in [0.1, 0.15) is 35.4 Å². The summed E-state index contributed by atoms with van der Waals surface area (Å²) in [4.78, 5) is 21.3. The van der Waals surface area contributed by atoms with Crippen LogP contribution in [0.5, 0.6) is 0 Å². The number of likely N-dealkylation sites (tertiary alicyclic amines) is 2. The lowest BCUT2D eigenvalue weighted by atomic mass is 9.82. The lowest BCUT2D eigenvalue weighted by Gasteiger charge is -2.53. The normalized spacial score (nSPS) is 22.8. The fraction of sp³-hybridized carbons (Fsp3) is 0.550. The molecule has 0 unspecified atom stereocenters. The predicted molar refractivity (Wildman–Crippen MR) is 97.4 cm³/mol. The second-order valence-electron chi connectivity index (χ2n) is 7.54. The Labute approximate surface area is 154 Å². The van der Waals surface area contributed by atoms with Gasteiger partial charge in [-0.15, -0.1) is 0 Å². The minimum absolute atomic E-state index is 0.249. The zero-order valence-corrected chi connectivity index (χ0v) is 15.5. The highest BCUT2D eigenvalue weighted by Gasteiger charge is 2.43. The number of fused-ring (bicyclic) bond motifs is 1. The summed E-state index contributed by atoms with van der Waals surface area (Å²) in [5.74, 6) is 1.82. The van der Waals surface area contributed by atoms with E-state index in [2.05, 4.69) is 32.1 Å². The third kappa shape index (κ3) is 3.38. The molecular weight excluding hydrogens is 328 g/mol. The Morgan fingerprint density at radius 2 is 2.08 bits per heavy atom. The van der Waals surface area contributed by atoms with Gasteiger partial charge in [-0.2, -0.15) is 0 Å². The molecule has 4 heterocycles. The number of hydrogen-bond acceptors (Lipinski definition) is 5. The Bertz CT molecular complexity index is 754. The van der Waals surface area contributed by atoms with Crippen molar-refractivity contribution in [2.45, 2.75) is 45.7 Å². The predicted octanol–water partition coefficient (Wildman–Crippen LogP) is 2.35. The number of carbonyl (C=O) groups excluding carboxylic acids is 1. The lowest BCUT2D eigenvalue weighted by Crippen LogP contribution is -2.64. The molecule has 2 atom stereocenters. The van der Waals surface area contributed by atoms with Crippen molar-refractivity contribution >= 4 is 5.91 Å². The number of aromatic nitrogens is 2. The average molecular weight is 354 g/mol. The van der Waals surface area contributed by atoms with Gasteiger partial charge < -0.3 is 9.42 Å². The van der Waals surface area contributed by atoms with Crippen molar-refractivity contribution in [2.24, 2.45) is 5.92 Å². The van der Waals surface area contributed by atoms with Crippen LogP contribution in [0.4, 0.5) is 0 Å². The smallest absolute Gasteiger partial charge is 0.222 e. The zero-order valence-electron chi connectivity index (χ0n) is 15.5. The van der Waals surface area contributed by atoms with Crippen LogP contribution in [0.25, 0.3) is 0 Å². The molecule has 0 radical (unpaired) electrons. The monoisotopic (exact) mass is 354 g/mol. The third-order valence-corrected chi connectivity index (χ3v) is 5.92. The van der Waals surface area contributed by atoms with Crippen LogP contribution in [0.15, 0.2) is 29.0 Å². The summed E-state index contributed by atoms with van der Waals surface area (Å²) >= 11 is 0. The highest BCUT2D eigenvalue weighted by molar-refractivity contribution is 5.76. The third-order valence-electron chi connectivity index (χ3n) is 5.92. The SMILES string of the molecule is Cc1noc(C)c1CCC(=O)N1CC[C@@H]2CN(Cc3ccncc3)[C@@H]2C1. The van der Waals surface area contributed by atoms with Gasteiger partial charge in [0.15, 0.2) is 0 Å². The second kappa shape index (κ2) is 7.19. The van der Waals surface area contributed by atoms with Crippen molar-refractivity contribution in [2.75, 3.05) is 19.6 Å². The Morgan fingerprint density at radius 1 is 1.27 bits per heavy atom. The van der Waals surface area contributed by atoms with Crippen LogP contribution in [0.2, 0.25) is 0 Å². The summed E-state index contributed by atoms with van der Waals surface area (Å²) in [6, 6.07) is 4.64. The molecule has 2 saturated heterocycles. The van der Waals surface area contributed by atoms with Crippen LogP contribution in [-0.2, 0) is 17.8 Å². The summed E-state index contributed by atoms with van der Waals surface area (Å²) in [6.45, 7) is 7.70. The van der Waals surface area contributed by atoms with E-state index in [1.165, 1.54) is 5.56 Å². The summed E-state index contributed by atoms with van der Waals surface area (Å²) in [7, 11) is 0. The standard InChI is InChI=1S/C20H26N4O2/c1-14-18(15(2)26-22-14)3-4-20(25)23-10-7-17-12-24(19(17)13-23)11-16-5-8-21-9-6-16/h5-6,8-9,17,19H,3-4,7,10-13H2,1-2H3/t17-,19-/m1/s1. The molecule has 0 saturated carbocycles. The van der Waals surface area contributed by atoms with Crippen molar-refractivity contribution in [1.29, 1.82) is 0 Å². The fourth-order valence-corrected chi connectivity index (χ4v) is 4.29. The molecule has 2 aliphatic heterocycles. The fourth-order valence-electron chi connectivity index (χ4n) is 4.29. The molecule has 6 heteroatoms. The average Bonchev–Trinajstić information content (AvgIpc) is 2.96. The number of rotatable bonds is 5. The van der Waals surface area contributed by atoms with Crippen LogP contribution >= 0.6 is 0 Å². The van der Waals surface area contributed by atoms with E-state index in [0.29, 0.717) is 18.9 Å². The highest BCUT2D eigenvalue weighted by atomic mass is 16.5. The topological polar surface area (TPSA) is 62.5 Å². The van der Waals surface area contributed by atoms with Gasteiger partial charge in [0.1, 0.15) is 5.76 Å². The van der Waals surface area contributed by atoms with E-state index in [4.69, 9.17) is 4.52 Å². The van der Waals surface area contributed by atoms with Gasteiger partial charge in [0.2, 0.25) is 5.91 Å². The Morgan fingerprint density at radius 3 is 2.81 bits per heavy atom. The van der Waals surface area contributed by atoms with Gasteiger partial charge in [-0.1, -0.05) is 5.16 Å². The van der Waals surface area contributed by atoms with E-state index >= 15 is 0 Å². The Hall–Kier alpha value is -2.21. The molecule has 138 valence electrons. The zero-order chi connectivity index (χ0) is 18.1. The van der Waals surface area contributed by atoms with E-state index in [0.717, 1.165) is 55.5 Å². The maximum absolute atomic E-state index is 12.7. The van der Waals surface area contributed by atoms with Crippen LogP contribution < -0.4 is 0 Å². The maximum Gasteiger partial charge on any atom is 0.222 e. The molecule has 2 aliphatic rings. The van der Waals surface area contributed by atoms with Crippen molar-refractivity contribution in [3.8, 4) is 0 Å². The number of piperidine rings is 1. The first-order valence-corrected chi connectivity index (χ1v) is 9.44. The minimum atomic E-state index is 0.249. The lowest BCUT2D eigenvalue weighted by molar-refractivity contribution is -0.138. The quantitative estimate of drug-likeness (QED) is 0.825. The molecule has 0 aliphatic carbocycles. The number of amides is 1. The molecule has 0 bridgehead atoms. The van der Waals surface area contributed by atoms with Gasteiger partial charge in [0.25, 0.3) is 0 Å². The summed E-state index contributed by atoms with van der Waals surface area (Å²) < 4.78 is 5.20. The molecule has 0 aromatic carbocycles. The molecule has 26 heavy (non-hydrogen) atoms. The minimum Gasteiger partial charge on any atom is -0.361 e. The molecular formula is C20H26N4O2. The van der Waals surface area contributed by atoms with Crippen molar-refractivity contribution < 1.29 is 9.32 Å². The van der Waals surface area contributed by atoms with Gasteiger partial charge in [0, 0.05) is 56.6 Å². The van der Waals surface area contributed by atoms with Crippen LogP contribution in [0, 0.1) is 19.8 Å². The Balaban J connectivity index is 1.32. The number of carbonyl (C=O) groups is 1. The van der Waals surface area contributed by atoms with Gasteiger partial charge >= 0.3 is 0 Å².